The van der Waals surface area contributed by atoms with Gasteiger partial charge in [0.1, 0.15) is 40.6 Å². The molecule has 4 rings (SSSR count). The molecule has 0 radical (unpaired) electrons. The predicted molar refractivity (Wildman–Crippen MR) is 119 cm³/mol. The van der Waals surface area contributed by atoms with Crippen LogP contribution >= 0.6 is 0 Å². The van der Waals surface area contributed by atoms with Crippen LogP contribution in [-0.2, 0) is 0 Å². The summed E-state index contributed by atoms with van der Waals surface area (Å²) in [6.45, 7) is 0. The molecule has 158 valence electrons. The molecule has 0 bridgehead atoms. The largest absolute Gasteiger partial charge is 0.497 e. The summed E-state index contributed by atoms with van der Waals surface area (Å²) in [7, 11) is 6.40. The molecule has 31 heavy (non-hydrogen) atoms. The van der Waals surface area contributed by atoms with Crippen LogP contribution in [0, 0.1) is 0 Å². The van der Waals surface area contributed by atoms with Crippen molar-refractivity contribution in [3.63, 3.8) is 0 Å². The Hall–Kier alpha value is -3.93. The van der Waals surface area contributed by atoms with Crippen molar-refractivity contribution < 1.29 is 28.2 Å². The van der Waals surface area contributed by atoms with E-state index in [9.17, 15) is 4.79 Å². The van der Waals surface area contributed by atoms with E-state index in [-0.39, 0.29) is 0 Å². The third-order valence-corrected chi connectivity index (χ3v) is 5.13. The molecule has 0 amide bonds. The van der Waals surface area contributed by atoms with Gasteiger partial charge in [-0.25, -0.2) is 0 Å². The maximum atomic E-state index is 11.4. The Morgan fingerprint density at radius 1 is 0.710 bits per heavy atom. The molecular formula is C25H22O6. The van der Waals surface area contributed by atoms with Crippen molar-refractivity contribution in [3.05, 3.63) is 60.2 Å². The van der Waals surface area contributed by atoms with E-state index in [0.717, 1.165) is 34.1 Å². The average Bonchev–Trinajstić information content (AvgIpc) is 3.22. The van der Waals surface area contributed by atoms with Crippen molar-refractivity contribution >= 4 is 17.3 Å². The second kappa shape index (κ2) is 8.44. The SMILES string of the molecule is COc1ccc(-c2oc3cc(C=O)cc(OC)c3c2-c2cc(OC)cc(OC)c2)cc1. The van der Waals surface area contributed by atoms with Crippen LogP contribution in [0.2, 0.25) is 0 Å². The molecule has 0 aliphatic heterocycles. The summed E-state index contributed by atoms with van der Waals surface area (Å²) in [5, 5.41) is 0.759. The number of carbonyl (C=O) groups excluding carboxylic acids is 1. The van der Waals surface area contributed by atoms with Crippen molar-refractivity contribution in [2.45, 2.75) is 0 Å². The summed E-state index contributed by atoms with van der Waals surface area (Å²) in [6, 6.07) is 16.6. The van der Waals surface area contributed by atoms with Gasteiger partial charge in [-0.15, -0.1) is 0 Å². The molecule has 1 heterocycles. The number of hydrogen-bond acceptors (Lipinski definition) is 6. The van der Waals surface area contributed by atoms with Crippen molar-refractivity contribution in [1.82, 2.24) is 0 Å². The van der Waals surface area contributed by atoms with E-state index in [1.165, 1.54) is 0 Å². The summed E-state index contributed by atoms with van der Waals surface area (Å²) in [5.74, 6) is 3.21. The second-order valence-corrected chi connectivity index (χ2v) is 6.85. The first-order chi connectivity index (χ1) is 15.1. The van der Waals surface area contributed by atoms with Gasteiger partial charge in [0.15, 0.2) is 0 Å². The van der Waals surface area contributed by atoms with E-state index in [1.54, 1.807) is 46.6 Å². The number of ether oxygens (including phenoxy) is 4. The topological polar surface area (TPSA) is 67.1 Å². The zero-order valence-corrected chi connectivity index (χ0v) is 17.7. The Balaban J connectivity index is 2.08. The molecule has 3 aromatic carbocycles. The minimum Gasteiger partial charge on any atom is -0.497 e. The number of carbonyl (C=O) groups is 1. The van der Waals surface area contributed by atoms with Crippen LogP contribution in [0.25, 0.3) is 33.4 Å². The quantitative estimate of drug-likeness (QED) is 0.363. The minimum atomic E-state index is 0.467. The number of fused-ring (bicyclic) bond motifs is 1. The van der Waals surface area contributed by atoms with E-state index >= 15 is 0 Å². The van der Waals surface area contributed by atoms with Gasteiger partial charge in [0.2, 0.25) is 0 Å². The van der Waals surface area contributed by atoms with Crippen LogP contribution in [0.1, 0.15) is 10.4 Å². The van der Waals surface area contributed by atoms with Crippen molar-refractivity contribution in [3.8, 4) is 45.4 Å². The second-order valence-electron chi connectivity index (χ2n) is 6.85. The van der Waals surface area contributed by atoms with Crippen LogP contribution in [-0.4, -0.2) is 34.7 Å². The first-order valence-corrected chi connectivity index (χ1v) is 9.59. The lowest BCUT2D eigenvalue weighted by atomic mass is 9.97. The summed E-state index contributed by atoms with van der Waals surface area (Å²) in [4.78, 5) is 11.4. The van der Waals surface area contributed by atoms with E-state index < -0.39 is 0 Å². The van der Waals surface area contributed by atoms with Gasteiger partial charge in [0.25, 0.3) is 0 Å². The molecule has 0 fully saturated rings. The number of furan rings is 1. The van der Waals surface area contributed by atoms with Gasteiger partial charge in [-0.05, 0) is 54.1 Å². The highest BCUT2D eigenvalue weighted by molar-refractivity contribution is 6.06. The molecule has 0 aliphatic carbocycles. The lowest BCUT2D eigenvalue weighted by Gasteiger charge is -2.11. The highest BCUT2D eigenvalue weighted by Gasteiger charge is 2.23. The van der Waals surface area contributed by atoms with E-state index in [2.05, 4.69) is 0 Å². The zero-order chi connectivity index (χ0) is 22.0. The molecule has 6 nitrogen and oxygen atoms in total. The molecule has 4 aromatic rings. The standard InChI is InChI=1S/C25H22O6/c1-27-18-7-5-16(6-8-18)25-23(17-11-19(28-2)13-20(12-17)29-3)24-21(30-4)9-15(14-26)10-22(24)31-25/h5-14H,1-4H3. The summed E-state index contributed by atoms with van der Waals surface area (Å²) in [5.41, 5.74) is 3.51. The van der Waals surface area contributed by atoms with Crippen LogP contribution in [0.15, 0.2) is 59.0 Å². The fraction of sp³-hybridized carbons (Fsp3) is 0.160. The predicted octanol–water partition coefficient (Wildman–Crippen LogP) is 5.61. The van der Waals surface area contributed by atoms with Crippen molar-refractivity contribution in [2.75, 3.05) is 28.4 Å². The maximum absolute atomic E-state index is 11.4. The number of benzene rings is 3. The highest BCUT2D eigenvalue weighted by atomic mass is 16.5. The molecule has 0 aliphatic rings. The molecular weight excluding hydrogens is 396 g/mol. The minimum absolute atomic E-state index is 0.467. The van der Waals surface area contributed by atoms with Gasteiger partial charge >= 0.3 is 0 Å². The average molecular weight is 418 g/mol. The lowest BCUT2D eigenvalue weighted by molar-refractivity contribution is 0.112. The highest BCUT2D eigenvalue weighted by Crippen LogP contribution is 2.46. The lowest BCUT2D eigenvalue weighted by Crippen LogP contribution is -1.91. The Labute approximate surface area is 179 Å². The summed E-state index contributed by atoms with van der Waals surface area (Å²) < 4.78 is 28.1. The van der Waals surface area contributed by atoms with Gasteiger partial charge < -0.3 is 23.4 Å². The van der Waals surface area contributed by atoms with Crippen molar-refractivity contribution in [2.24, 2.45) is 0 Å². The molecule has 0 atom stereocenters. The molecule has 6 heteroatoms. The molecule has 1 aromatic heterocycles. The number of hydrogen-bond donors (Lipinski definition) is 0. The monoisotopic (exact) mass is 418 g/mol. The third-order valence-electron chi connectivity index (χ3n) is 5.13. The normalized spacial score (nSPS) is 10.7. The Morgan fingerprint density at radius 2 is 1.35 bits per heavy atom. The van der Waals surface area contributed by atoms with E-state index in [1.807, 2.05) is 36.4 Å². The van der Waals surface area contributed by atoms with Gasteiger partial charge in [-0.3, -0.25) is 4.79 Å². The van der Waals surface area contributed by atoms with Gasteiger partial charge in [0, 0.05) is 22.8 Å². The van der Waals surface area contributed by atoms with Crippen LogP contribution in [0.3, 0.4) is 0 Å². The zero-order valence-electron chi connectivity index (χ0n) is 17.7. The fourth-order valence-electron chi connectivity index (χ4n) is 3.61. The summed E-state index contributed by atoms with van der Waals surface area (Å²) in [6.07, 6.45) is 0.770. The first kappa shape index (κ1) is 20.3. The Morgan fingerprint density at radius 3 is 1.90 bits per heavy atom. The molecule has 0 saturated carbocycles. The molecule has 0 spiro atoms. The fourth-order valence-corrected chi connectivity index (χ4v) is 3.61. The van der Waals surface area contributed by atoms with Crippen LogP contribution in [0.5, 0.6) is 23.0 Å². The Kier molecular flexibility index (Phi) is 5.54. The number of aldehydes is 1. The number of rotatable bonds is 7. The smallest absolute Gasteiger partial charge is 0.150 e. The van der Waals surface area contributed by atoms with Gasteiger partial charge in [-0.1, -0.05) is 0 Å². The van der Waals surface area contributed by atoms with Crippen LogP contribution in [0.4, 0.5) is 0 Å². The molecule has 0 unspecified atom stereocenters. The molecule has 0 N–H and O–H groups in total. The van der Waals surface area contributed by atoms with Gasteiger partial charge in [0.05, 0.1) is 33.8 Å². The van der Waals surface area contributed by atoms with Gasteiger partial charge in [-0.2, -0.15) is 0 Å². The summed E-state index contributed by atoms with van der Waals surface area (Å²) >= 11 is 0. The number of methoxy groups -OCH3 is 4. The third kappa shape index (κ3) is 3.68. The first-order valence-electron chi connectivity index (χ1n) is 9.59. The maximum Gasteiger partial charge on any atom is 0.150 e. The Bertz CT molecular complexity index is 1220. The van der Waals surface area contributed by atoms with Crippen molar-refractivity contribution in [1.29, 1.82) is 0 Å². The van der Waals surface area contributed by atoms with E-state index in [0.29, 0.717) is 34.2 Å². The molecule has 0 saturated heterocycles. The van der Waals surface area contributed by atoms with E-state index in [4.69, 9.17) is 23.4 Å². The van der Waals surface area contributed by atoms with Crippen LogP contribution < -0.4 is 18.9 Å².